The maximum Gasteiger partial charge on any atom is 0.419 e. The molecule has 27 heavy (non-hydrogen) atoms. The van der Waals surface area contributed by atoms with E-state index < -0.39 is 15.8 Å². The summed E-state index contributed by atoms with van der Waals surface area (Å²) < 4.78 is 40.8. The van der Waals surface area contributed by atoms with Crippen LogP contribution in [-0.2, 0) is 21.8 Å². The van der Waals surface area contributed by atoms with Gasteiger partial charge in [0.25, 0.3) is 0 Å². The van der Waals surface area contributed by atoms with Crippen molar-refractivity contribution in [1.29, 1.82) is 0 Å². The van der Waals surface area contributed by atoms with E-state index >= 15 is 0 Å². The molecule has 0 saturated carbocycles. The molecular formula is C18H25N3O5S. The Morgan fingerprint density at radius 2 is 2.04 bits per heavy atom. The van der Waals surface area contributed by atoms with Crippen molar-refractivity contribution in [3.8, 4) is 0 Å². The van der Waals surface area contributed by atoms with Crippen molar-refractivity contribution in [1.82, 2.24) is 14.2 Å². The van der Waals surface area contributed by atoms with E-state index in [0.717, 1.165) is 13.0 Å². The zero-order valence-corrected chi connectivity index (χ0v) is 16.5. The third-order valence-electron chi connectivity index (χ3n) is 5.58. The quantitative estimate of drug-likeness (QED) is 0.827. The second kappa shape index (κ2) is 6.73. The van der Waals surface area contributed by atoms with E-state index in [2.05, 4.69) is 23.5 Å². The lowest BCUT2D eigenvalue weighted by Crippen LogP contribution is -2.48. The van der Waals surface area contributed by atoms with E-state index in [1.165, 1.54) is 16.7 Å². The number of rotatable bonds is 4. The highest BCUT2D eigenvalue weighted by molar-refractivity contribution is 7.89. The van der Waals surface area contributed by atoms with Crippen LogP contribution in [0.15, 0.2) is 32.3 Å². The number of fused-ring (bicyclic) bond motifs is 2. The second-order valence-corrected chi connectivity index (χ2v) is 9.55. The van der Waals surface area contributed by atoms with Gasteiger partial charge in [0.1, 0.15) is 0 Å². The van der Waals surface area contributed by atoms with Crippen molar-refractivity contribution in [3.05, 3.63) is 28.7 Å². The summed E-state index contributed by atoms with van der Waals surface area (Å²) in [5.74, 6) is -0.0752. The van der Waals surface area contributed by atoms with Crippen molar-refractivity contribution in [3.63, 3.8) is 0 Å². The highest BCUT2D eigenvalue weighted by Crippen LogP contribution is 2.27. The molecule has 1 aromatic carbocycles. The van der Waals surface area contributed by atoms with Gasteiger partial charge in [0, 0.05) is 38.3 Å². The summed E-state index contributed by atoms with van der Waals surface area (Å²) in [4.78, 5) is 14.0. The summed E-state index contributed by atoms with van der Waals surface area (Å²) in [5.41, 5.74) is 0.830. The van der Waals surface area contributed by atoms with Crippen LogP contribution in [0, 0.1) is 5.92 Å². The summed E-state index contributed by atoms with van der Waals surface area (Å²) >= 11 is 0. The minimum atomic E-state index is -3.70. The minimum absolute atomic E-state index is 0.102. The molecule has 0 bridgehead atoms. The van der Waals surface area contributed by atoms with Gasteiger partial charge in [0.15, 0.2) is 5.58 Å². The fourth-order valence-electron chi connectivity index (χ4n) is 3.96. The number of aromatic nitrogens is 1. The summed E-state index contributed by atoms with van der Waals surface area (Å²) in [6.07, 6.45) is 0.923. The molecule has 148 valence electrons. The number of hydrogen-bond donors (Lipinski definition) is 1. The predicted octanol–water partition coefficient (Wildman–Crippen LogP) is 0.908. The van der Waals surface area contributed by atoms with E-state index in [4.69, 9.17) is 9.15 Å². The number of aryl methyl sites for hydroxylation is 1. The van der Waals surface area contributed by atoms with Crippen molar-refractivity contribution < 1.29 is 17.6 Å². The average molecular weight is 395 g/mol. The number of benzene rings is 1. The van der Waals surface area contributed by atoms with Gasteiger partial charge in [0.2, 0.25) is 10.0 Å². The van der Waals surface area contributed by atoms with E-state index in [-0.39, 0.29) is 28.7 Å². The Hall–Kier alpha value is -1.68. The predicted molar refractivity (Wildman–Crippen MR) is 100 cm³/mol. The van der Waals surface area contributed by atoms with E-state index in [1.807, 2.05) is 0 Å². The Bertz CT molecular complexity index is 1010. The van der Waals surface area contributed by atoms with Crippen LogP contribution >= 0.6 is 0 Å². The number of ether oxygens (including phenoxy) is 1. The molecule has 0 aliphatic carbocycles. The molecule has 2 fully saturated rings. The molecule has 0 unspecified atom stereocenters. The SMILES string of the molecule is CC(C)[C@@H]1CN2C[C@H](NS(=O)(=O)c3ccc4c(c3)oc(=O)n4C)C[C@H]2CO1. The summed E-state index contributed by atoms with van der Waals surface area (Å²) in [5, 5.41) is 0. The number of oxazole rings is 1. The standard InChI is InChI=1S/C18H25N3O5S/c1-11(2)17-9-21-8-12(6-13(21)10-25-17)19-27(23,24)14-4-5-15-16(7-14)26-18(22)20(15)3/h4-5,7,11-13,17,19H,6,8-10H2,1-3H3/t12-,13+,17+/m1/s1. The lowest BCUT2D eigenvalue weighted by Gasteiger charge is -2.36. The molecule has 0 amide bonds. The highest BCUT2D eigenvalue weighted by atomic mass is 32.2. The van der Waals surface area contributed by atoms with Crippen molar-refractivity contribution >= 4 is 21.1 Å². The molecule has 1 aromatic heterocycles. The fourth-order valence-corrected chi connectivity index (χ4v) is 5.21. The van der Waals surface area contributed by atoms with Gasteiger partial charge >= 0.3 is 5.76 Å². The van der Waals surface area contributed by atoms with Gasteiger partial charge < -0.3 is 9.15 Å². The van der Waals surface area contributed by atoms with Gasteiger partial charge in [-0.05, 0) is 24.5 Å². The molecule has 4 rings (SSSR count). The molecule has 1 N–H and O–H groups in total. The molecule has 0 spiro atoms. The van der Waals surface area contributed by atoms with Gasteiger partial charge in [-0.2, -0.15) is 0 Å². The first kappa shape index (κ1) is 18.7. The maximum atomic E-state index is 12.8. The highest BCUT2D eigenvalue weighted by Gasteiger charge is 2.39. The Balaban J connectivity index is 1.50. The van der Waals surface area contributed by atoms with Gasteiger partial charge in [-0.1, -0.05) is 13.8 Å². The van der Waals surface area contributed by atoms with Crippen LogP contribution in [0.4, 0.5) is 0 Å². The van der Waals surface area contributed by atoms with Crippen LogP contribution in [0.3, 0.4) is 0 Å². The number of sulfonamides is 1. The zero-order valence-electron chi connectivity index (χ0n) is 15.7. The lowest BCUT2D eigenvalue weighted by molar-refractivity contribution is -0.0683. The number of nitrogens with zero attached hydrogens (tertiary/aromatic N) is 2. The van der Waals surface area contributed by atoms with Crippen molar-refractivity contribution in [2.24, 2.45) is 13.0 Å². The average Bonchev–Trinajstić information content (AvgIpc) is 3.13. The van der Waals surface area contributed by atoms with E-state index in [9.17, 15) is 13.2 Å². The third-order valence-corrected chi connectivity index (χ3v) is 7.10. The Morgan fingerprint density at radius 1 is 1.26 bits per heavy atom. The van der Waals surface area contributed by atoms with Gasteiger partial charge in [-0.25, -0.2) is 17.9 Å². The van der Waals surface area contributed by atoms with Crippen LogP contribution in [-0.4, -0.2) is 55.8 Å². The molecule has 0 radical (unpaired) electrons. The molecule has 9 heteroatoms. The number of nitrogens with one attached hydrogen (secondary N) is 1. The first-order valence-corrected chi connectivity index (χ1v) is 10.7. The van der Waals surface area contributed by atoms with Crippen molar-refractivity contribution in [2.75, 3.05) is 19.7 Å². The van der Waals surface area contributed by atoms with Gasteiger partial charge in [-0.15, -0.1) is 0 Å². The normalized spacial score (nSPS) is 26.7. The molecule has 2 aliphatic rings. The number of hydrogen-bond acceptors (Lipinski definition) is 6. The Morgan fingerprint density at radius 3 is 2.78 bits per heavy atom. The van der Waals surface area contributed by atoms with Crippen molar-refractivity contribution in [2.45, 2.75) is 43.4 Å². The smallest absolute Gasteiger partial charge is 0.408 e. The maximum absolute atomic E-state index is 12.8. The summed E-state index contributed by atoms with van der Waals surface area (Å²) in [7, 11) is -2.12. The molecule has 3 atom stereocenters. The largest absolute Gasteiger partial charge is 0.419 e. The fraction of sp³-hybridized carbons (Fsp3) is 0.611. The zero-order chi connectivity index (χ0) is 19.3. The topological polar surface area (TPSA) is 93.8 Å². The molecular weight excluding hydrogens is 370 g/mol. The van der Waals surface area contributed by atoms with Gasteiger partial charge in [0.05, 0.1) is 23.1 Å². The summed E-state index contributed by atoms with van der Waals surface area (Å²) in [6.45, 7) is 6.43. The number of morpholine rings is 1. The van der Waals surface area contributed by atoms with E-state index in [1.54, 1.807) is 13.1 Å². The Kier molecular flexibility index (Phi) is 4.66. The van der Waals surface area contributed by atoms with E-state index in [0.29, 0.717) is 24.6 Å². The second-order valence-electron chi connectivity index (χ2n) is 7.83. The molecule has 3 heterocycles. The molecule has 2 saturated heterocycles. The van der Waals surface area contributed by atoms with Crippen LogP contribution in [0.1, 0.15) is 20.3 Å². The summed E-state index contributed by atoms with van der Waals surface area (Å²) in [6, 6.07) is 4.59. The first-order valence-electron chi connectivity index (χ1n) is 9.22. The van der Waals surface area contributed by atoms with Crippen LogP contribution in [0.5, 0.6) is 0 Å². The monoisotopic (exact) mass is 395 g/mol. The van der Waals surface area contributed by atoms with Crippen LogP contribution < -0.4 is 10.5 Å². The third kappa shape index (κ3) is 3.44. The lowest BCUT2D eigenvalue weighted by atomic mass is 10.0. The van der Waals surface area contributed by atoms with Crippen LogP contribution in [0.25, 0.3) is 11.1 Å². The minimum Gasteiger partial charge on any atom is -0.408 e. The first-order chi connectivity index (χ1) is 12.7. The Labute approximate surface area is 158 Å². The van der Waals surface area contributed by atoms with Crippen LogP contribution in [0.2, 0.25) is 0 Å². The van der Waals surface area contributed by atoms with Gasteiger partial charge in [-0.3, -0.25) is 9.47 Å². The molecule has 2 aliphatic heterocycles. The molecule has 2 aromatic rings. The molecule has 8 nitrogen and oxygen atoms in total.